The third kappa shape index (κ3) is 2.77. The molecule has 0 spiro atoms. The molecule has 0 aliphatic heterocycles. The minimum atomic E-state index is 0.469. The van der Waals surface area contributed by atoms with E-state index in [9.17, 15) is 0 Å². The summed E-state index contributed by atoms with van der Waals surface area (Å²) in [5, 5.41) is 4.96. The molecule has 100 valence electrons. The Bertz CT molecular complexity index is 406. The quantitative estimate of drug-likeness (QED) is 0.844. The Morgan fingerprint density at radius 3 is 2.28 bits per heavy atom. The molecule has 1 aromatic rings. The Morgan fingerprint density at radius 2 is 1.83 bits per heavy atom. The fourth-order valence-corrected chi connectivity index (χ4v) is 4.08. The summed E-state index contributed by atoms with van der Waals surface area (Å²) in [5.41, 5.74) is 1.21. The number of hydrogen-bond acceptors (Lipinski definition) is 3. The molecule has 2 aliphatic rings. The van der Waals surface area contributed by atoms with E-state index in [1.165, 1.54) is 47.8 Å². The summed E-state index contributed by atoms with van der Waals surface area (Å²) in [4.78, 5) is 5.96. The van der Waals surface area contributed by atoms with Crippen LogP contribution in [0.2, 0.25) is 0 Å². The van der Waals surface area contributed by atoms with Crippen LogP contribution in [0.4, 0.5) is 0 Å². The Morgan fingerprint density at radius 1 is 1.22 bits per heavy atom. The highest BCUT2D eigenvalue weighted by molar-refractivity contribution is 7.11. The molecule has 0 radical (unpaired) electrons. The molecule has 2 nitrogen and oxygen atoms in total. The maximum Gasteiger partial charge on any atom is 0.0900 e. The lowest BCUT2D eigenvalue weighted by atomic mass is 9.97. The van der Waals surface area contributed by atoms with Crippen LogP contribution in [-0.2, 0) is 0 Å². The van der Waals surface area contributed by atoms with Gasteiger partial charge in [-0.05, 0) is 70.8 Å². The molecule has 3 rings (SSSR count). The molecule has 0 saturated heterocycles. The molecule has 2 fully saturated rings. The first-order valence-electron chi connectivity index (χ1n) is 7.32. The number of rotatable bonds is 6. The van der Waals surface area contributed by atoms with Gasteiger partial charge >= 0.3 is 0 Å². The first-order chi connectivity index (χ1) is 8.65. The van der Waals surface area contributed by atoms with Gasteiger partial charge in [-0.25, -0.2) is 4.98 Å². The second kappa shape index (κ2) is 4.93. The first-order valence-corrected chi connectivity index (χ1v) is 8.14. The van der Waals surface area contributed by atoms with Crippen LogP contribution < -0.4 is 5.32 Å². The molecule has 1 heterocycles. The van der Waals surface area contributed by atoms with Gasteiger partial charge in [0.05, 0.1) is 10.7 Å². The Kier molecular flexibility index (Phi) is 3.46. The Balaban J connectivity index is 1.57. The SMILES string of the molecule is Cc1nc(C)c(C(C)NCC(C2CC2)C2CC2)s1. The molecule has 2 aliphatic carbocycles. The zero-order valence-electron chi connectivity index (χ0n) is 11.7. The van der Waals surface area contributed by atoms with Crippen molar-refractivity contribution in [2.75, 3.05) is 6.54 Å². The van der Waals surface area contributed by atoms with Crippen LogP contribution in [0.3, 0.4) is 0 Å². The smallest absolute Gasteiger partial charge is 0.0900 e. The van der Waals surface area contributed by atoms with Gasteiger partial charge in [0.15, 0.2) is 0 Å². The highest BCUT2D eigenvalue weighted by atomic mass is 32.1. The average molecular weight is 264 g/mol. The number of thiazole rings is 1. The minimum Gasteiger partial charge on any atom is -0.309 e. The van der Waals surface area contributed by atoms with E-state index >= 15 is 0 Å². The molecule has 18 heavy (non-hydrogen) atoms. The summed E-state index contributed by atoms with van der Waals surface area (Å²) in [7, 11) is 0. The summed E-state index contributed by atoms with van der Waals surface area (Å²) in [6.07, 6.45) is 5.93. The van der Waals surface area contributed by atoms with Crippen molar-refractivity contribution in [3.8, 4) is 0 Å². The van der Waals surface area contributed by atoms with E-state index in [2.05, 4.69) is 31.1 Å². The Hall–Kier alpha value is -0.410. The lowest BCUT2D eigenvalue weighted by Crippen LogP contribution is -2.28. The molecular weight excluding hydrogens is 240 g/mol. The van der Waals surface area contributed by atoms with Crippen LogP contribution in [0.15, 0.2) is 0 Å². The monoisotopic (exact) mass is 264 g/mol. The molecule has 0 bridgehead atoms. The van der Waals surface area contributed by atoms with Gasteiger partial charge in [-0.15, -0.1) is 11.3 Å². The lowest BCUT2D eigenvalue weighted by molar-refractivity contribution is 0.363. The topological polar surface area (TPSA) is 24.9 Å². The molecule has 1 atom stereocenters. The van der Waals surface area contributed by atoms with Crippen molar-refractivity contribution in [2.24, 2.45) is 17.8 Å². The highest BCUT2D eigenvalue weighted by Gasteiger charge is 2.41. The fourth-order valence-electron chi connectivity index (χ4n) is 3.12. The van der Waals surface area contributed by atoms with Gasteiger partial charge in [-0.2, -0.15) is 0 Å². The third-order valence-electron chi connectivity index (χ3n) is 4.45. The maximum atomic E-state index is 4.53. The van der Waals surface area contributed by atoms with Gasteiger partial charge in [0.25, 0.3) is 0 Å². The largest absolute Gasteiger partial charge is 0.309 e. The van der Waals surface area contributed by atoms with E-state index in [0.717, 1.165) is 17.8 Å². The fraction of sp³-hybridized carbons (Fsp3) is 0.800. The van der Waals surface area contributed by atoms with Crippen LogP contribution in [0, 0.1) is 31.6 Å². The van der Waals surface area contributed by atoms with Crippen LogP contribution in [0.25, 0.3) is 0 Å². The lowest BCUT2D eigenvalue weighted by Gasteiger charge is -2.20. The van der Waals surface area contributed by atoms with Gasteiger partial charge in [0, 0.05) is 10.9 Å². The zero-order valence-corrected chi connectivity index (χ0v) is 12.5. The predicted molar refractivity (Wildman–Crippen MR) is 76.9 cm³/mol. The number of nitrogens with zero attached hydrogens (tertiary/aromatic N) is 1. The van der Waals surface area contributed by atoms with Crippen LogP contribution >= 0.6 is 11.3 Å². The van der Waals surface area contributed by atoms with E-state index in [0.29, 0.717) is 6.04 Å². The molecule has 2 saturated carbocycles. The number of nitrogens with one attached hydrogen (secondary N) is 1. The van der Waals surface area contributed by atoms with Crippen molar-refractivity contribution < 1.29 is 0 Å². The van der Waals surface area contributed by atoms with E-state index < -0.39 is 0 Å². The summed E-state index contributed by atoms with van der Waals surface area (Å²) in [5.74, 6) is 3.05. The van der Waals surface area contributed by atoms with Crippen LogP contribution in [0.5, 0.6) is 0 Å². The van der Waals surface area contributed by atoms with Gasteiger partial charge < -0.3 is 5.32 Å². The van der Waals surface area contributed by atoms with Crippen molar-refractivity contribution >= 4 is 11.3 Å². The standard InChI is InChI=1S/C15H24N2S/c1-9(15-10(2)17-11(3)18-15)16-8-14(12-4-5-12)13-6-7-13/h9,12-14,16H,4-8H2,1-3H3. The van der Waals surface area contributed by atoms with Gasteiger partial charge in [-0.3, -0.25) is 0 Å². The maximum absolute atomic E-state index is 4.53. The van der Waals surface area contributed by atoms with Crippen molar-refractivity contribution in [2.45, 2.75) is 52.5 Å². The summed E-state index contributed by atoms with van der Waals surface area (Å²) < 4.78 is 0. The first kappa shape index (κ1) is 12.6. The van der Waals surface area contributed by atoms with Gasteiger partial charge in [0.2, 0.25) is 0 Å². The van der Waals surface area contributed by atoms with E-state index in [4.69, 9.17) is 0 Å². The molecule has 3 heteroatoms. The zero-order chi connectivity index (χ0) is 12.7. The molecule has 0 amide bonds. The summed E-state index contributed by atoms with van der Waals surface area (Å²) in [6, 6.07) is 0.469. The average Bonchev–Trinajstić information content (AvgIpc) is 3.19. The minimum absolute atomic E-state index is 0.469. The molecule has 1 unspecified atom stereocenters. The van der Waals surface area contributed by atoms with Crippen molar-refractivity contribution in [1.82, 2.24) is 10.3 Å². The Labute approximate surface area is 114 Å². The predicted octanol–water partition coefficient (Wildman–Crippen LogP) is 3.85. The second-order valence-electron chi connectivity index (χ2n) is 6.15. The third-order valence-corrected chi connectivity index (χ3v) is 5.70. The number of aromatic nitrogens is 1. The highest BCUT2D eigenvalue weighted by Crippen LogP contribution is 2.49. The normalized spacial score (nSPS) is 21.6. The van der Waals surface area contributed by atoms with Crippen LogP contribution in [0.1, 0.15) is 54.2 Å². The molecule has 0 aromatic carbocycles. The van der Waals surface area contributed by atoms with E-state index in [-0.39, 0.29) is 0 Å². The number of hydrogen-bond donors (Lipinski definition) is 1. The van der Waals surface area contributed by atoms with Crippen molar-refractivity contribution in [3.05, 3.63) is 15.6 Å². The summed E-state index contributed by atoms with van der Waals surface area (Å²) >= 11 is 1.85. The van der Waals surface area contributed by atoms with E-state index in [1.54, 1.807) is 0 Å². The van der Waals surface area contributed by atoms with Crippen molar-refractivity contribution in [3.63, 3.8) is 0 Å². The van der Waals surface area contributed by atoms with E-state index in [1.807, 2.05) is 11.3 Å². The van der Waals surface area contributed by atoms with Crippen LogP contribution in [-0.4, -0.2) is 11.5 Å². The number of aryl methyl sites for hydroxylation is 2. The molecular formula is C15H24N2S. The van der Waals surface area contributed by atoms with Crippen molar-refractivity contribution in [1.29, 1.82) is 0 Å². The molecule has 1 N–H and O–H groups in total. The van der Waals surface area contributed by atoms with Gasteiger partial charge in [-0.1, -0.05) is 0 Å². The molecule has 1 aromatic heterocycles. The second-order valence-corrected chi connectivity index (χ2v) is 7.39. The van der Waals surface area contributed by atoms with Gasteiger partial charge in [0.1, 0.15) is 0 Å². The summed E-state index contributed by atoms with van der Waals surface area (Å²) in [6.45, 7) is 7.74.